The highest BCUT2D eigenvalue weighted by Crippen LogP contribution is 2.70. The molecule has 0 unspecified atom stereocenters. The van der Waals surface area contributed by atoms with Gasteiger partial charge in [-0.3, -0.25) is 14.4 Å². The van der Waals surface area contributed by atoms with Crippen LogP contribution < -0.4 is 4.74 Å². The Morgan fingerprint density at radius 1 is 0.896 bits per heavy atom. The highest BCUT2D eigenvalue weighted by atomic mass is 16.6. The van der Waals surface area contributed by atoms with Gasteiger partial charge in [-0.2, -0.15) is 0 Å². The molecule has 8 rings (SSSR count). The normalized spacial score (nSPS) is 43.2. The van der Waals surface area contributed by atoms with Crippen LogP contribution in [-0.4, -0.2) is 23.5 Å². The SMILES string of the molecule is CC(=O)O[C@H]1C[C@H]2C(C)(C)CCC[C@]2(C)c2ccc3c(c21)[C@@]1(CCC=C(C)[C@H]1C[C@@H]1[C@@]24CCCC(C)(C)[C@@H]2CC[C@]1(C)OC4=O)C(=O)O3. The van der Waals surface area contributed by atoms with Crippen molar-refractivity contribution in [3.05, 3.63) is 40.5 Å². The molecule has 6 nitrogen and oxygen atoms in total. The lowest BCUT2D eigenvalue weighted by Crippen LogP contribution is -2.57. The molecular weight excluding hydrogens is 600 g/mol. The number of carbonyl (C=O) groups excluding carboxylic acids is 3. The quantitative estimate of drug-likeness (QED) is 0.183. The Kier molecular flexibility index (Phi) is 6.93. The number of fused-ring (bicyclic) bond motifs is 7. The van der Waals surface area contributed by atoms with Gasteiger partial charge in [0.05, 0.1) is 5.41 Å². The standard InChI is InChI=1S/C42H56O6/c1-24-12-9-19-41(27(24)22-32-40(8)21-15-30-37(3,4)17-11-20-42(30,32)36(45)48-40)34-28(47-35(41)44)14-13-26-33(34)29(46-25(2)43)23-31-38(5,6)16-10-18-39(26,31)7/h12-14,27,29-32H,9-11,15-23H2,1-8H3/t27-,29+,30+,31+,32+,39-,40+,41+,42-/m1/s1. The predicted octanol–water partition coefficient (Wildman–Crippen LogP) is 9.22. The highest BCUT2D eigenvalue weighted by molar-refractivity contribution is 5.93. The van der Waals surface area contributed by atoms with Crippen molar-refractivity contribution in [3.63, 3.8) is 0 Å². The van der Waals surface area contributed by atoms with Crippen molar-refractivity contribution in [2.45, 2.75) is 155 Å². The van der Waals surface area contributed by atoms with Crippen LogP contribution in [-0.2, 0) is 34.7 Å². The lowest BCUT2D eigenvalue weighted by Gasteiger charge is -2.57. The Hall–Kier alpha value is -2.63. The number of hydrogen-bond donors (Lipinski definition) is 0. The largest absolute Gasteiger partial charge is 0.459 e. The van der Waals surface area contributed by atoms with E-state index in [0.29, 0.717) is 24.5 Å². The van der Waals surface area contributed by atoms with Crippen LogP contribution in [0.3, 0.4) is 0 Å². The third-order valence-electron chi connectivity index (χ3n) is 15.7. The summed E-state index contributed by atoms with van der Waals surface area (Å²) in [6.07, 6.45) is 13.0. The lowest BCUT2D eigenvalue weighted by atomic mass is 9.44. The number of ether oxygens (including phenoxy) is 3. The molecule has 1 aromatic carbocycles. The molecular formula is C42H56O6. The number of hydrogen-bond acceptors (Lipinski definition) is 6. The number of allylic oxidation sites excluding steroid dienone is 2. The zero-order valence-corrected chi connectivity index (χ0v) is 30.6. The summed E-state index contributed by atoms with van der Waals surface area (Å²) < 4.78 is 19.1. The smallest absolute Gasteiger partial charge is 0.322 e. The maximum absolute atomic E-state index is 14.7. The van der Waals surface area contributed by atoms with Crippen molar-refractivity contribution >= 4 is 17.9 Å². The van der Waals surface area contributed by atoms with E-state index in [0.717, 1.165) is 75.3 Å². The van der Waals surface area contributed by atoms with Gasteiger partial charge in [0.15, 0.2) is 0 Å². The van der Waals surface area contributed by atoms with Gasteiger partial charge in [0, 0.05) is 29.9 Å². The van der Waals surface area contributed by atoms with Crippen molar-refractivity contribution in [1.82, 2.24) is 0 Å². The number of benzene rings is 1. The topological polar surface area (TPSA) is 78.9 Å². The molecule has 6 heteroatoms. The lowest BCUT2D eigenvalue weighted by molar-refractivity contribution is -0.157. The molecule has 2 spiro atoms. The summed E-state index contributed by atoms with van der Waals surface area (Å²) >= 11 is 0. The summed E-state index contributed by atoms with van der Waals surface area (Å²) in [4.78, 5) is 41.7. The first-order valence-corrected chi connectivity index (χ1v) is 19.0. The molecule has 2 aliphatic heterocycles. The van der Waals surface area contributed by atoms with E-state index < -0.39 is 22.5 Å². The van der Waals surface area contributed by atoms with Gasteiger partial charge in [0.1, 0.15) is 22.9 Å². The van der Waals surface area contributed by atoms with Crippen molar-refractivity contribution in [2.75, 3.05) is 0 Å². The second-order valence-electron chi connectivity index (χ2n) is 18.9. The van der Waals surface area contributed by atoms with Gasteiger partial charge in [-0.05, 0) is 118 Å². The van der Waals surface area contributed by atoms with Crippen LogP contribution in [0.2, 0.25) is 0 Å². The molecule has 3 saturated carbocycles. The zero-order chi connectivity index (χ0) is 34.2. The van der Waals surface area contributed by atoms with Crippen molar-refractivity contribution in [3.8, 4) is 5.75 Å². The molecule has 1 aromatic rings. The van der Waals surface area contributed by atoms with E-state index in [9.17, 15) is 14.4 Å². The maximum Gasteiger partial charge on any atom is 0.322 e. The van der Waals surface area contributed by atoms with E-state index in [-0.39, 0.29) is 51.9 Å². The molecule has 7 aliphatic rings. The molecule has 5 aliphatic carbocycles. The molecule has 9 atom stereocenters. The summed E-state index contributed by atoms with van der Waals surface area (Å²) in [5, 5.41) is 0. The van der Waals surface area contributed by atoms with Gasteiger partial charge in [0.2, 0.25) is 0 Å². The molecule has 4 fully saturated rings. The van der Waals surface area contributed by atoms with Gasteiger partial charge < -0.3 is 14.2 Å². The van der Waals surface area contributed by atoms with Gasteiger partial charge >= 0.3 is 17.9 Å². The number of esters is 3. The highest BCUT2D eigenvalue weighted by Gasteiger charge is 2.72. The molecule has 2 bridgehead atoms. The first-order valence-electron chi connectivity index (χ1n) is 19.0. The summed E-state index contributed by atoms with van der Waals surface area (Å²) in [7, 11) is 0. The van der Waals surface area contributed by atoms with E-state index >= 15 is 0 Å². The summed E-state index contributed by atoms with van der Waals surface area (Å²) in [5.74, 6) is 0.649. The summed E-state index contributed by atoms with van der Waals surface area (Å²) in [5.41, 5.74) is 2.53. The van der Waals surface area contributed by atoms with E-state index in [1.165, 1.54) is 18.1 Å². The van der Waals surface area contributed by atoms with Crippen LogP contribution in [0.25, 0.3) is 0 Å². The fraction of sp³-hybridized carbons (Fsp3) is 0.738. The van der Waals surface area contributed by atoms with Gasteiger partial charge in [-0.15, -0.1) is 0 Å². The third-order valence-corrected chi connectivity index (χ3v) is 15.7. The van der Waals surface area contributed by atoms with Crippen LogP contribution in [0.15, 0.2) is 23.8 Å². The molecule has 260 valence electrons. The Balaban J connectivity index is 1.31. The number of carbonyl (C=O) groups is 3. The van der Waals surface area contributed by atoms with Gasteiger partial charge in [-0.25, -0.2) is 0 Å². The van der Waals surface area contributed by atoms with E-state index in [1.54, 1.807) is 0 Å². The minimum Gasteiger partial charge on any atom is -0.459 e. The van der Waals surface area contributed by atoms with Crippen molar-refractivity contribution < 1.29 is 28.6 Å². The second kappa shape index (κ2) is 10.2. The monoisotopic (exact) mass is 656 g/mol. The molecule has 0 N–H and O–H groups in total. The Bertz CT molecular complexity index is 1630. The summed E-state index contributed by atoms with van der Waals surface area (Å²) in [6, 6.07) is 4.23. The molecule has 0 amide bonds. The van der Waals surface area contributed by atoms with Crippen LogP contribution in [0.5, 0.6) is 5.75 Å². The van der Waals surface area contributed by atoms with Gasteiger partial charge in [-0.1, -0.05) is 65.2 Å². The van der Waals surface area contributed by atoms with Crippen LogP contribution in [0, 0.1) is 39.9 Å². The third kappa shape index (κ3) is 4.07. The molecule has 48 heavy (non-hydrogen) atoms. The van der Waals surface area contributed by atoms with E-state index in [2.05, 4.69) is 60.6 Å². The van der Waals surface area contributed by atoms with Crippen LogP contribution in [0.1, 0.15) is 155 Å². The van der Waals surface area contributed by atoms with E-state index in [1.807, 2.05) is 6.07 Å². The molecule has 0 radical (unpaired) electrons. The fourth-order valence-electron chi connectivity index (χ4n) is 13.7. The predicted molar refractivity (Wildman–Crippen MR) is 183 cm³/mol. The molecule has 2 heterocycles. The summed E-state index contributed by atoms with van der Waals surface area (Å²) in [6.45, 7) is 17.7. The number of rotatable bonds is 3. The van der Waals surface area contributed by atoms with E-state index in [4.69, 9.17) is 14.2 Å². The maximum atomic E-state index is 14.7. The van der Waals surface area contributed by atoms with Crippen molar-refractivity contribution in [1.29, 1.82) is 0 Å². The average molecular weight is 657 g/mol. The van der Waals surface area contributed by atoms with Crippen LogP contribution in [0.4, 0.5) is 0 Å². The Labute approximate surface area is 287 Å². The average Bonchev–Trinajstić information content (AvgIpc) is 3.32. The van der Waals surface area contributed by atoms with Gasteiger partial charge in [0.25, 0.3) is 0 Å². The molecule has 1 saturated heterocycles. The minimum atomic E-state index is -0.905. The first-order chi connectivity index (χ1) is 22.5. The second-order valence-corrected chi connectivity index (χ2v) is 18.9. The Morgan fingerprint density at radius 2 is 1.60 bits per heavy atom. The van der Waals surface area contributed by atoms with Crippen molar-refractivity contribution in [2.24, 2.45) is 39.9 Å². The molecule has 0 aromatic heterocycles. The fourth-order valence-corrected chi connectivity index (χ4v) is 13.7. The van der Waals surface area contributed by atoms with Crippen LogP contribution >= 0.6 is 0 Å². The first kappa shape index (κ1) is 32.6. The minimum absolute atomic E-state index is 0.00246. The zero-order valence-electron chi connectivity index (χ0n) is 30.6. The Morgan fingerprint density at radius 3 is 2.33 bits per heavy atom.